The number of aryl methyl sites for hydroxylation is 1. The number of rotatable bonds is 2. The number of carbonyl (C=O) groups is 1. The van der Waals surface area contributed by atoms with Crippen molar-refractivity contribution in [2.75, 3.05) is 12.3 Å². The molecule has 0 saturated heterocycles. The Bertz CT molecular complexity index is 498. The minimum Gasteiger partial charge on any atom is -0.356 e. The van der Waals surface area contributed by atoms with Gasteiger partial charge >= 0.3 is 0 Å². The molecule has 1 N–H and O–H groups in total. The number of amides is 1. The minimum absolute atomic E-state index is 0.0130. The number of carbonyl (C=O) groups excluding carboxylic acids is 1. The molecule has 6 heteroatoms. The Morgan fingerprint density at radius 3 is 3.18 bits per heavy atom. The maximum Gasteiger partial charge on any atom is 0.257 e. The summed E-state index contributed by atoms with van der Waals surface area (Å²) in [5, 5.41) is 3.50. The van der Waals surface area contributed by atoms with Gasteiger partial charge in [0, 0.05) is 30.6 Å². The largest absolute Gasteiger partial charge is 0.356 e. The quantitative estimate of drug-likeness (QED) is 0.775. The molecule has 92 valence electrons. The highest BCUT2D eigenvalue weighted by Gasteiger charge is 2.26. The minimum atomic E-state index is -0.145. The topological polar surface area (TPSA) is 64.0 Å². The van der Waals surface area contributed by atoms with Gasteiger partial charge in [0.05, 0.1) is 5.92 Å². The van der Waals surface area contributed by atoms with Gasteiger partial charge in [-0.25, -0.2) is 4.98 Å². The average Bonchev–Trinajstić information content (AvgIpc) is 2.34. The molecular formula is C11H15N3O2S. The van der Waals surface area contributed by atoms with Crippen molar-refractivity contribution in [2.24, 2.45) is 5.92 Å². The number of hydrogen-bond acceptors (Lipinski definition) is 4. The highest BCUT2D eigenvalue weighted by atomic mass is 32.2. The van der Waals surface area contributed by atoms with Crippen LogP contribution in [0.3, 0.4) is 0 Å². The standard InChI is InChI=1S/C11H15N3O2S/c1-3-12-9(15)8-5-14-10(16)7(2)4-13-11(14)17-6-8/h4,8H,3,5-6H2,1-2H3,(H,12,15). The van der Waals surface area contributed by atoms with Gasteiger partial charge in [-0.15, -0.1) is 0 Å². The highest BCUT2D eigenvalue weighted by Crippen LogP contribution is 2.24. The van der Waals surface area contributed by atoms with Crippen molar-refractivity contribution >= 4 is 17.7 Å². The number of nitrogens with zero attached hydrogens (tertiary/aromatic N) is 2. The fraction of sp³-hybridized carbons (Fsp3) is 0.545. The molecule has 17 heavy (non-hydrogen) atoms. The zero-order valence-electron chi connectivity index (χ0n) is 9.90. The molecule has 0 bridgehead atoms. The molecule has 1 aromatic heterocycles. The van der Waals surface area contributed by atoms with Gasteiger partial charge in [-0.3, -0.25) is 14.2 Å². The Morgan fingerprint density at radius 2 is 2.47 bits per heavy atom. The SMILES string of the molecule is CCNC(=O)C1CSc2ncc(C)c(=O)n2C1. The Hall–Kier alpha value is -1.30. The Kier molecular flexibility index (Phi) is 3.51. The van der Waals surface area contributed by atoms with E-state index in [-0.39, 0.29) is 17.4 Å². The van der Waals surface area contributed by atoms with E-state index >= 15 is 0 Å². The van der Waals surface area contributed by atoms with Gasteiger partial charge < -0.3 is 5.32 Å². The molecule has 1 atom stereocenters. The van der Waals surface area contributed by atoms with Crippen LogP contribution >= 0.6 is 11.8 Å². The third kappa shape index (κ3) is 2.36. The molecule has 1 unspecified atom stereocenters. The zero-order valence-corrected chi connectivity index (χ0v) is 10.7. The zero-order chi connectivity index (χ0) is 12.4. The Balaban J connectivity index is 2.26. The number of aromatic nitrogens is 2. The molecule has 2 heterocycles. The van der Waals surface area contributed by atoms with Crippen LogP contribution in [0.25, 0.3) is 0 Å². The number of thioether (sulfide) groups is 1. The fourth-order valence-corrected chi connectivity index (χ4v) is 2.83. The number of hydrogen-bond donors (Lipinski definition) is 1. The lowest BCUT2D eigenvalue weighted by atomic mass is 10.1. The molecule has 0 fully saturated rings. The second kappa shape index (κ2) is 4.91. The first-order valence-corrected chi connectivity index (χ1v) is 6.59. The molecule has 1 aromatic rings. The molecule has 0 saturated carbocycles. The van der Waals surface area contributed by atoms with E-state index in [1.54, 1.807) is 17.7 Å². The van der Waals surface area contributed by atoms with E-state index in [0.717, 1.165) is 0 Å². The second-order valence-electron chi connectivity index (χ2n) is 4.04. The summed E-state index contributed by atoms with van der Waals surface area (Å²) in [6.07, 6.45) is 1.59. The van der Waals surface area contributed by atoms with Crippen molar-refractivity contribution in [1.82, 2.24) is 14.9 Å². The van der Waals surface area contributed by atoms with E-state index in [9.17, 15) is 9.59 Å². The molecule has 5 nitrogen and oxygen atoms in total. The van der Waals surface area contributed by atoms with Crippen LogP contribution in [0, 0.1) is 12.8 Å². The van der Waals surface area contributed by atoms with Crippen molar-refractivity contribution in [3.8, 4) is 0 Å². The van der Waals surface area contributed by atoms with E-state index in [2.05, 4.69) is 10.3 Å². The van der Waals surface area contributed by atoms with Gasteiger partial charge in [0.15, 0.2) is 5.16 Å². The maximum atomic E-state index is 11.9. The van der Waals surface area contributed by atoms with Crippen LogP contribution in [0.5, 0.6) is 0 Å². The van der Waals surface area contributed by atoms with Gasteiger partial charge in [-0.1, -0.05) is 11.8 Å². The predicted octanol–water partition coefficient (Wildman–Crippen LogP) is 0.410. The van der Waals surface area contributed by atoms with E-state index in [1.807, 2.05) is 6.92 Å². The molecule has 0 radical (unpaired) electrons. The highest BCUT2D eigenvalue weighted by molar-refractivity contribution is 7.99. The van der Waals surface area contributed by atoms with Crippen molar-refractivity contribution in [2.45, 2.75) is 25.5 Å². The van der Waals surface area contributed by atoms with Crippen LogP contribution in [-0.2, 0) is 11.3 Å². The van der Waals surface area contributed by atoms with Crippen LogP contribution in [-0.4, -0.2) is 27.8 Å². The van der Waals surface area contributed by atoms with Crippen molar-refractivity contribution in [3.05, 3.63) is 22.1 Å². The van der Waals surface area contributed by atoms with Gasteiger partial charge in [-0.05, 0) is 13.8 Å². The third-order valence-electron chi connectivity index (χ3n) is 2.72. The monoisotopic (exact) mass is 253 g/mol. The van der Waals surface area contributed by atoms with Crippen molar-refractivity contribution in [1.29, 1.82) is 0 Å². The summed E-state index contributed by atoms with van der Waals surface area (Å²) in [7, 11) is 0. The van der Waals surface area contributed by atoms with Crippen LogP contribution < -0.4 is 10.9 Å². The smallest absolute Gasteiger partial charge is 0.257 e. The lowest BCUT2D eigenvalue weighted by Crippen LogP contribution is -2.40. The molecule has 0 spiro atoms. The lowest BCUT2D eigenvalue weighted by molar-refractivity contribution is -0.124. The van der Waals surface area contributed by atoms with Crippen LogP contribution in [0.2, 0.25) is 0 Å². The first-order chi connectivity index (χ1) is 8.13. The van der Waals surface area contributed by atoms with Gasteiger partial charge in [0.1, 0.15) is 0 Å². The van der Waals surface area contributed by atoms with E-state index in [0.29, 0.717) is 29.6 Å². The summed E-state index contributed by atoms with van der Waals surface area (Å²) >= 11 is 1.46. The van der Waals surface area contributed by atoms with Crippen LogP contribution in [0.4, 0.5) is 0 Å². The first kappa shape index (κ1) is 12.2. The molecule has 1 amide bonds. The summed E-state index contributed by atoms with van der Waals surface area (Å²) < 4.78 is 1.60. The third-order valence-corrected chi connectivity index (χ3v) is 3.87. The molecule has 1 aliphatic rings. The molecular weight excluding hydrogens is 238 g/mol. The van der Waals surface area contributed by atoms with Crippen molar-refractivity contribution in [3.63, 3.8) is 0 Å². The van der Waals surface area contributed by atoms with Crippen molar-refractivity contribution < 1.29 is 4.79 Å². The van der Waals surface area contributed by atoms with E-state index in [1.165, 1.54) is 11.8 Å². The number of fused-ring (bicyclic) bond motifs is 1. The van der Waals surface area contributed by atoms with E-state index in [4.69, 9.17) is 0 Å². The predicted molar refractivity (Wildman–Crippen MR) is 66.1 cm³/mol. The molecule has 1 aliphatic heterocycles. The van der Waals surface area contributed by atoms with Gasteiger partial charge in [0.2, 0.25) is 5.91 Å². The maximum absolute atomic E-state index is 11.9. The van der Waals surface area contributed by atoms with E-state index < -0.39 is 0 Å². The average molecular weight is 253 g/mol. The number of nitrogens with one attached hydrogen (secondary N) is 1. The Morgan fingerprint density at radius 1 is 1.71 bits per heavy atom. The summed E-state index contributed by atoms with van der Waals surface area (Å²) in [5.41, 5.74) is 0.572. The summed E-state index contributed by atoms with van der Waals surface area (Å²) in [4.78, 5) is 27.9. The molecule has 0 aliphatic carbocycles. The first-order valence-electron chi connectivity index (χ1n) is 5.60. The summed E-state index contributed by atoms with van der Waals surface area (Å²) in [6, 6.07) is 0. The normalized spacial score (nSPS) is 18.6. The molecule has 0 aromatic carbocycles. The van der Waals surface area contributed by atoms with Crippen LogP contribution in [0.1, 0.15) is 12.5 Å². The van der Waals surface area contributed by atoms with Gasteiger partial charge in [0.25, 0.3) is 5.56 Å². The summed E-state index contributed by atoms with van der Waals surface area (Å²) in [5.74, 6) is 0.550. The van der Waals surface area contributed by atoms with Crippen LogP contribution in [0.15, 0.2) is 16.1 Å². The second-order valence-corrected chi connectivity index (χ2v) is 5.03. The summed E-state index contributed by atoms with van der Waals surface area (Å²) in [6.45, 7) is 4.68. The Labute approximate surface area is 104 Å². The van der Waals surface area contributed by atoms with Gasteiger partial charge in [-0.2, -0.15) is 0 Å². The lowest BCUT2D eigenvalue weighted by Gasteiger charge is -2.24. The molecule has 2 rings (SSSR count). The fourth-order valence-electron chi connectivity index (χ4n) is 1.78.